The molecule has 1 aromatic heterocycles. The first kappa shape index (κ1) is 11.2. The van der Waals surface area contributed by atoms with Crippen molar-refractivity contribution in [1.29, 1.82) is 0 Å². The molecule has 2 heterocycles. The van der Waals surface area contributed by atoms with Gasteiger partial charge in [0, 0.05) is 20.2 Å². The summed E-state index contributed by atoms with van der Waals surface area (Å²) in [5.41, 5.74) is 0.918. The fraction of sp³-hybridized carbons (Fsp3) is 0.583. The summed E-state index contributed by atoms with van der Waals surface area (Å²) in [6.07, 6.45) is 2.53. The molecule has 0 spiro atoms. The highest BCUT2D eigenvalue weighted by atomic mass is 16.7. The van der Waals surface area contributed by atoms with Crippen LogP contribution in [0.4, 0.5) is 5.82 Å². The van der Waals surface area contributed by atoms with E-state index in [9.17, 15) is 0 Å². The van der Waals surface area contributed by atoms with E-state index in [-0.39, 0.29) is 6.79 Å². The maximum absolute atomic E-state index is 5.40. The Morgan fingerprint density at radius 3 is 2.69 bits per heavy atom. The Bertz CT molecular complexity index is 349. The van der Waals surface area contributed by atoms with Gasteiger partial charge in [-0.1, -0.05) is 0 Å². The van der Waals surface area contributed by atoms with Crippen molar-refractivity contribution in [3.8, 4) is 5.75 Å². The zero-order valence-electron chi connectivity index (χ0n) is 9.90. The molecule has 0 radical (unpaired) electrons. The van der Waals surface area contributed by atoms with E-state index in [1.807, 2.05) is 19.1 Å². The third kappa shape index (κ3) is 2.44. The Kier molecular flexibility index (Phi) is 3.62. The predicted octanol–water partition coefficient (Wildman–Crippen LogP) is 1.97. The van der Waals surface area contributed by atoms with Crippen LogP contribution in [0.5, 0.6) is 5.75 Å². The van der Waals surface area contributed by atoms with Gasteiger partial charge in [-0.2, -0.15) is 0 Å². The third-order valence-corrected chi connectivity index (χ3v) is 2.78. The molecule has 1 aromatic rings. The van der Waals surface area contributed by atoms with E-state index in [0.717, 1.165) is 30.4 Å². The molecule has 0 atom stereocenters. The summed E-state index contributed by atoms with van der Waals surface area (Å²) < 4.78 is 10.3. The number of pyridine rings is 1. The summed E-state index contributed by atoms with van der Waals surface area (Å²) in [6.45, 7) is 4.46. The smallest absolute Gasteiger partial charge is 0.188 e. The molecule has 0 unspecified atom stereocenters. The molecule has 0 amide bonds. The topological polar surface area (TPSA) is 34.6 Å². The van der Waals surface area contributed by atoms with E-state index in [1.165, 1.54) is 12.8 Å². The lowest BCUT2D eigenvalue weighted by atomic mass is 10.3. The minimum atomic E-state index is 0.269. The zero-order valence-corrected chi connectivity index (χ0v) is 9.90. The van der Waals surface area contributed by atoms with Gasteiger partial charge in [0.05, 0.1) is 5.69 Å². The highest BCUT2D eigenvalue weighted by Gasteiger charge is 2.14. The zero-order chi connectivity index (χ0) is 11.4. The molecule has 4 nitrogen and oxygen atoms in total. The number of methoxy groups -OCH3 is 1. The van der Waals surface area contributed by atoms with Crippen LogP contribution in [0, 0.1) is 6.92 Å². The van der Waals surface area contributed by atoms with Crippen LogP contribution in [-0.4, -0.2) is 32.0 Å². The highest BCUT2D eigenvalue weighted by molar-refractivity contribution is 5.44. The Hall–Kier alpha value is -1.29. The summed E-state index contributed by atoms with van der Waals surface area (Å²) in [5.74, 6) is 1.85. The molecular weight excluding hydrogens is 204 g/mol. The van der Waals surface area contributed by atoms with Crippen LogP contribution in [-0.2, 0) is 4.74 Å². The first-order valence-electron chi connectivity index (χ1n) is 5.65. The average molecular weight is 222 g/mol. The first-order valence-corrected chi connectivity index (χ1v) is 5.65. The Morgan fingerprint density at radius 1 is 1.31 bits per heavy atom. The van der Waals surface area contributed by atoms with Crippen LogP contribution in [0.25, 0.3) is 0 Å². The van der Waals surface area contributed by atoms with E-state index in [2.05, 4.69) is 9.88 Å². The van der Waals surface area contributed by atoms with E-state index in [0.29, 0.717) is 0 Å². The van der Waals surface area contributed by atoms with Crippen LogP contribution < -0.4 is 9.64 Å². The minimum absolute atomic E-state index is 0.269. The van der Waals surface area contributed by atoms with Gasteiger partial charge in [0.1, 0.15) is 11.6 Å². The van der Waals surface area contributed by atoms with Gasteiger partial charge in [-0.25, -0.2) is 4.98 Å². The van der Waals surface area contributed by atoms with Gasteiger partial charge >= 0.3 is 0 Å². The standard InChI is InChI=1S/C12H18N2O2/c1-10-11(16-9-15-2)5-6-12(13-10)14-7-3-4-8-14/h5-6H,3-4,7-9H2,1-2H3. The van der Waals surface area contributed by atoms with Crippen molar-refractivity contribution in [2.24, 2.45) is 0 Å². The molecule has 0 aliphatic carbocycles. The van der Waals surface area contributed by atoms with Crippen LogP contribution in [0.1, 0.15) is 18.5 Å². The molecule has 0 aromatic carbocycles. The Labute approximate surface area is 96.2 Å². The van der Waals surface area contributed by atoms with Crippen molar-refractivity contribution in [2.45, 2.75) is 19.8 Å². The van der Waals surface area contributed by atoms with Crippen molar-refractivity contribution >= 4 is 5.82 Å². The fourth-order valence-electron chi connectivity index (χ4n) is 1.93. The van der Waals surface area contributed by atoms with Gasteiger partial charge in [-0.15, -0.1) is 0 Å². The summed E-state index contributed by atoms with van der Waals surface area (Å²) in [6, 6.07) is 3.98. The summed E-state index contributed by atoms with van der Waals surface area (Å²) >= 11 is 0. The maximum Gasteiger partial charge on any atom is 0.188 e. The predicted molar refractivity (Wildman–Crippen MR) is 62.9 cm³/mol. The normalized spacial score (nSPS) is 15.5. The van der Waals surface area contributed by atoms with Crippen molar-refractivity contribution in [1.82, 2.24) is 4.98 Å². The number of rotatable bonds is 4. The van der Waals surface area contributed by atoms with Gasteiger partial charge in [0.15, 0.2) is 6.79 Å². The molecule has 4 heteroatoms. The van der Waals surface area contributed by atoms with Gasteiger partial charge in [-0.05, 0) is 31.9 Å². The van der Waals surface area contributed by atoms with E-state index in [1.54, 1.807) is 7.11 Å². The van der Waals surface area contributed by atoms with Crippen LogP contribution in [0.2, 0.25) is 0 Å². The van der Waals surface area contributed by atoms with Gasteiger partial charge in [-0.3, -0.25) is 0 Å². The molecule has 88 valence electrons. The average Bonchev–Trinajstić information content (AvgIpc) is 2.81. The van der Waals surface area contributed by atoms with E-state index >= 15 is 0 Å². The van der Waals surface area contributed by atoms with Crippen molar-refractivity contribution < 1.29 is 9.47 Å². The number of anilines is 1. The number of nitrogens with zero attached hydrogens (tertiary/aromatic N) is 2. The monoisotopic (exact) mass is 222 g/mol. The Morgan fingerprint density at radius 2 is 2.06 bits per heavy atom. The number of aryl methyl sites for hydroxylation is 1. The number of hydrogen-bond donors (Lipinski definition) is 0. The van der Waals surface area contributed by atoms with Gasteiger partial charge in [0.2, 0.25) is 0 Å². The molecule has 16 heavy (non-hydrogen) atoms. The summed E-state index contributed by atoms with van der Waals surface area (Å²) in [4.78, 5) is 6.87. The van der Waals surface area contributed by atoms with E-state index < -0.39 is 0 Å². The third-order valence-electron chi connectivity index (χ3n) is 2.78. The van der Waals surface area contributed by atoms with Crippen molar-refractivity contribution in [2.75, 3.05) is 31.9 Å². The number of aromatic nitrogens is 1. The lowest BCUT2D eigenvalue weighted by Crippen LogP contribution is -2.19. The summed E-state index contributed by atoms with van der Waals surface area (Å²) in [7, 11) is 1.61. The minimum Gasteiger partial charge on any atom is -0.466 e. The molecule has 1 saturated heterocycles. The second kappa shape index (κ2) is 5.16. The molecule has 2 rings (SSSR count). The Balaban J connectivity index is 2.09. The van der Waals surface area contributed by atoms with Crippen molar-refractivity contribution in [3.63, 3.8) is 0 Å². The lowest BCUT2D eigenvalue weighted by Gasteiger charge is -2.17. The molecule has 0 saturated carbocycles. The molecule has 0 bridgehead atoms. The fourth-order valence-corrected chi connectivity index (χ4v) is 1.93. The SMILES string of the molecule is COCOc1ccc(N2CCCC2)nc1C. The van der Waals surface area contributed by atoms with Gasteiger partial charge < -0.3 is 14.4 Å². The second-order valence-electron chi connectivity index (χ2n) is 4.00. The molecule has 1 aliphatic rings. The highest BCUT2D eigenvalue weighted by Crippen LogP contribution is 2.23. The summed E-state index contributed by atoms with van der Waals surface area (Å²) in [5, 5.41) is 0. The molecule has 1 aliphatic heterocycles. The molecular formula is C12H18N2O2. The maximum atomic E-state index is 5.40. The van der Waals surface area contributed by atoms with Crippen LogP contribution in [0.3, 0.4) is 0 Å². The molecule has 1 fully saturated rings. The number of hydrogen-bond acceptors (Lipinski definition) is 4. The first-order chi connectivity index (χ1) is 7.81. The largest absolute Gasteiger partial charge is 0.466 e. The van der Waals surface area contributed by atoms with Crippen LogP contribution >= 0.6 is 0 Å². The van der Waals surface area contributed by atoms with Gasteiger partial charge in [0.25, 0.3) is 0 Å². The lowest BCUT2D eigenvalue weighted by molar-refractivity contribution is 0.0503. The van der Waals surface area contributed by atoms with Crippen LogP contribution in [0.15, 0.2) is 12.1 Å². The second-order valence-corrected chi connectivity index (χ2v) is 4.00. The van der Waals surface area contributed by atoms with E-state index in [4.69, 9.17) is 9.47 Å². The number of ether oxygens (including phenoxy) is 2. The quantitative estimate of drug-likeness (QED) is 0.729. The molecule has 0 N–H and O–H groups in total. The van der Waals surface area contributed by atoms with Crippen molar-refractivity contribution in [3.05, 3.63) is 17.8 Å².